The largest absolute Gasteiger partial charge is 0.618 e. The molecular weight excluding hydrogens is 800 g/mol. The van der Waals surface area contributed by atoms with Crippen LogP contribution >= 0.6 is 58.0 Å². The fourth-order valence-corrected chi connectivity index (χ4v) is 7.87. The van der Waals surface area contributed by atoms with Gasteiger partial charge in [0, 0.05) is 60.2 Å². The minimum atomic E-state index is -0.218. The topological polar surface area (TPSA) is 104 Å². The van der Waals surface area contributed by atoms with E-state index < -0.39 is 0 Å². The number of nitrogens with zero attached hydrogens (tertiary/aromatic N) is 3. The number of halogens is 5. The normalized spacial score (nSPS) is 13.5. The molecule has 0 radical (unpaired) electrons. The Morgan fingerprint density at radius 3 is 1.65 bits per heavy atom. The number of fused-ring (bicyclic) bond motifs is 6. The van der Waals surface area contributed by atoms with Crippen molar-refractivity contribution in [3.05, 3.63) is 195 Å². The van der Waals surface area contributed by atoms with Crippen molar-refractivity contribution in [3.63, 3.8) is 0 Å². The predicted molar refractivity (Wildman–Crippen MR) is 218 cm³/mol. The van der Waals surface area contributed by atoms with Crippen LogP contribution in [0, 0.1) is 5.21 Å². The van der Waals surface area contributed by atoms with Gasteiger partial charge in [-0.25, -0.2) is 4.98 Å². The average Bonchev–Trinajstić information content (AvgIpc) is 3.46. The number of rotatable bonds is 0. The first kappa shape index (κ1) is 40.0. The quantitative estimate of drug-likeness (QED) is 0.0858. The zero-order chi connectivity index (χ0) is 38.1. The Bertz CT molecular complexity index is 2480. The number of ketones is 3. The van der Waals surface area contributed by atoms with Crippen molar-refractivity contribution in [2.75, 3.05) is 0 Å². The second kappa shape index (κ2) is 17.0. The van der Waals surface area contributed by atoms with E-state index in [2.05, 4.69) is 9.97 Å². The van der Waals surface area contributed by atoms with E-state index in [1.165, 1.54) is 6.20 Å². The fraction of sp³-hybridized carbons (Fsp3) is 0.163. The molecule has 6 aromatic rings. The molecule has 278 valence electrons. The molecule has 0 fully saturated rings. The molecule has 0 spiro atoms. The molecular formula is C43H32Cl5N3O4. The minimum Gasteiger partial charge on any atom is -0.618 e. The number of aromatic nitrogens is 3. The Balaban J connectivity index is 0.000000139. The summed E-state index contributed by atoms with van der Waals surface area (Å²) in [5, 5.41) is 14.6. The summed E-state index contributed by atoms with van der Waals surface area (Å²) in [5.74, 6) is -0.363. The number of benzene rings is 3. The molecule has 3 heterocycles. The standard InChI is InChI=1S/2C14H9Cl2NO.C14H10ClNO2.CH4/c15-9-2-4-10-8(7-9)1-3-11-12(16)5-6-17-13(11)14(10)18;15-10-4-5-11-9(7-10)2-1-8-3-6-12(16)17-13(8)14(11)18;15-11-5-6-12-10(8-11)4-3-9-2-1-7-16(18)13(9)14(12)17;/h2,4-7H,1,3H2;3-7H,1-2H2;1-2,5-8H,3-4H2;1H4. The Hall–Kier alpha value is -4.63. The third kappa shape index (κ3) is 8.47. The summed E-state index contributed by atoms with van der Waals surface area (Å²) in [4.78, 5) is 45.6. The van der Waals surface area contributed by atoms with Crippen molar-refractivity contribution in [1.29, 1.82) is 0 Å². The van der Waals surface area contributed by atoms with Gasteiger partial charge in [0.05, 0.1) is 0 Å². The van der Waals surface area contributed by atoms with Gasteiger partial charge in [-0.3, -0.25) is 19.4 Å². The molecule has 3 aromatic carbocycles. The molecule has 0 saturated heterocycles. The van der Waals surface area contributed by atoms with Gasteiger partial charge in [0.25, 0.3) is 11.5 Å². The van der Waals surface area contributed by atoms with Gasteiger partial charge in [-0.15, -0.1) is 0 Å². The van der Waals surface area contributed by atoms with E-state index in [1.54, 1.807) is 66.9 Å². The molecule has 0 aliphatic heterocycles. The lowest BCUT2D eigenvalue weighted by molar-refractivity contribution is -0.607. The SMILES string of the molecule is C.O=C1c2ccc(Cl)cc2CCc2c(Cl)ccnc21.O=C1c2ccc(Cl)cc2CCc2ccc(Cl)nc21.O=C1c2ccc(Cl)cc2CCc2ccc[n+]([O-])c21. The second-order valence-electron chi connectivity index (χ2n) is 12.9. The van der Waals surface area contributed by atoms with E-state index >= 15 is 0 Å². The number of carbonyl (C=O) groups excluding carboxylic acids is 3. The number of hydrogen-bond donors (Lipinski definition) is 0. The van der Waals surface area contributed by atoms with Gasteiger partial charge in [-0.2, -0.15) is 4.73 Å². The van der Waals surface area contributed by atoms with Crippen LogP contribution in [0.15, 0.2) is 97.3 Å². The van der Waals surface area contributed by atoms with Gasteiger partial charge in [0.1, 0.15) is 16.5 Å². The highest BCUT2D eigenvalue weighted by Crippen LogP contribution is 2.30. The van der Waals surface area contributed by atoms with E-state index in [-0.39, 0.29) is 30.5 Å². The van der Waals surface area contributed by atoms with Crippen LogP contribution < -0.4 is 4.73 Å². The summed E-state index contributed by atoms with van der Waals surface area (Å²) in [6.45, 7) is 0. The average molecular weight is 832 g/mol. The summed E-state index contributed by atoms with van der Waals surface area (Å²) in [6.07, 6.45) is 7.35. The zero-order valence-corrected chi connectivity index (χ0v) is 32.1. The highest BCUT2D eigenvalue weighted by atomic mass is 35.5. The van der Waals surface area contributed by atoms with Crippen LogP contribution in [-0.4, -0.2) is 27.3 Å². The first-order valence-electron chi connectivity index (χ1n) is 17.0. The Labute approximate surface area is 343 Å². The second-order valence-corrected chi connectivity index (χ2v) is 15.0. The first-order valence-corrected chi connectivity index (χ1v) is 18.9. The third-order valence-electron chi connectivity index (χ3n) is 9.54. The lowest BCUT2D eigenvalue weighted by Crippen LogP contribution is -2.35. The van der Waals surface area contributed by atoms with Crippen LogP contribution in [-0.2, 0) is 38.5 Å². The van der Waals surface area contributed by atoms with Crippen LogP contribution in [0.2, 0.25) is 25.2 Å². The van der Waals surface area contributed by atoms with Gasteiger partial charge < -0.3 is 5.21 Å². The highest BCUT2D eigenvalue weighted by molar-refractivity contribution is 6.33. The molecule has 0 bridgehead atoms. The monoisotopic (exact) mass is 829 g/mol. The van der Waals surface area contributed by atoms with E-state index in [0.717, 1.165) is 59.1 Å². The molecule has 0 amide bonds. The van der Waals surface area contributed by atoms with Crippen molar-refractivity contribution >= 4 is 75.4 Å². The number of pyridine rings is 3. The number of carbonyl (C=O) groups is 3. The smallest absolute Gasteiger partial charge is 0.268 e. The molecule has 0 saturated carbocycles. The van der Waals surface area contributed by atoms with Crippen molar-refractivity contribution in [1.82, 2.24) is 9.97 Å². The zero-order valence-electron chi connectivity index (χ0n) is 28.3. The maximum Gasteiger partial charge on any atom is 0.268 e. The van der Waals surface area contributed by atoms with E-state index in [1.807, 2.05) is 24.3 Å². The molecule has 9 rings (SSSR count). The van der Waals surface area contributed by atoms with E-state index in [9.17, 15) is 19.6 Å². The first-order chi connectivity index (χ1) is 26.0. The summed E-state index contributed by atoms with van der Waals surface area (Å²) < 4.78 is 0.654. The Morgan fingerprint density at radius 2 is 1.05 bits per heavy atom. The van der Waals surface area contributed by atoms with Crippen LogP contribution in [0.5, 0.6) is 0 Å². The molecule has 12 heteroatoms. The molecule has 0 atom stereocenters. The maximum atomic E-state index is 12.4. The number of hydrogen-bond acceptors (Lipinski definition) is 6. The minimum absolute atomic E-state index is 0. The summed E-state index contributed by atoms with van der Waals surface area (Å²) in [7, 11) is 0. The maximum absolute atomic E-state index is 12.4. The molecule has 0 unspecified atom stereocenters. The molecule has 3 aliphatic carbocycles. The van der Waals surface area contributed by atoms with Crippen LogP contribution in [0.3, 0.4) is 0 Å². The molecule has 7 nitrogen and oxygen atoms in total. The van der Waals surface area contributed by atoms with Crippen molar-refractivity contribution in [2.24, 2.45) is 0 Å². The molecule has 0 N–H and O–H groups in total. The van der Waals surface area contributed by atoms with Crippen LogP contribution in [0.4, 0.5) is 0 Å². The Kier molecular flexibility index (Phi) is 12.4. The highest BCUT2D eigenvalue weighted by Gasteiger charge is 2.28. The molecule has 55 heavy (non-hydrogen) atoms. The van der Waals surface area contributed by atoms with Gasteiger partial charge in [-0.05, 0) is 134 Å². The fourth-order valence-electron chi connectivity index (χ4n) is 6.90. The Morgan fingerprint density at radius 1 is 0.545 bits per heavy atom. The molecule has 3 aliphatic rings. The number of aryl methyl sites for hydroxylation is 5. The van der Waals surface area contributed by atoms with Crippen LogP contribution in [0.25, 0.3) is 0 Å². The van der Waals surface area contributed by atoms with Crippen molar-refractivity contribution in [2.45, 2.75) is 46.0 Å². The predicted octanol–water partition coefficient (Wildman–Crippen LogP) is 10.4. The van der Waals surface area contributed by atoms with Crippen molar-refractivity contribution in [3.8, 4) is 0 Å². The molecule has 3 aromatic heterocycles. The summed E-state index contributed by atoms with van der Waals surface area (Å²) >= 11 is 29.9. The van der Waals surface area contributed by atoms with Gasteiger partial charge in [0.2, 0.25) is 11.6 Å². The third-order valence-corrected chi connectivity index (χ3v) is 10.8. The summed E-state index contributed by atoms with van der Waals surface area (Å²) in [6, 6.07) is 24.7. The van der Waals surface area contributed by atoms with Crippen LogP contribution in [0.1, 0.15) is 89.0 Å². The lowest BCUT2D eigenvalue weighted by Gasteiger charge is -2.05. The van der Waals surface area contributed by atoms with Gasteiger partial charge in [0.15, 0.2) is 6.20 Å². The van der Waals surface area contributed by atoms with Gasteiger partial charge in [-0.1, -0.05) is 71.5 Å². The lowest BCUT2D eigenvalue weighted by atomic mass is 10.0. The van der Waals surface area contributed by atoms with Crippen molar-refractivity contribution < 1.29 is 19.1 Å². The van der Waals surface area contributed by atoms with E-state index in [4.69, 9.17) is 58.0 Å². The summed E-state index contributed by atoms with van der Waals surface area (Å²) in [5.41, 5.74) is 8.49. The van der Waals surface area contributed by atoms with E-state index in [0.29, 0.717) is 70.9 Å². The van der Waals surface area contributed by atoms with Gasteiger partial charge >= 0.3 is 0 Å².